The summed E-state index contributed by atoms with van der Waals surface area (Å²) < 4.78 is 0. The maximum atomic E-state index is 11.1. The van der Waals surface area contributed by atoms with Crippen LogP contribution in [-0.4, -0.2) is 12.0 Å². The summed E-state index contributed by atoms with van der Waals surface area (Å²) in [4.78, 5) is 12.0. The van der Waals surface area contributed by atoms with Crippen LogP contribution < -0.4 is 0 Å². The molecule has 0 fully saturated rings. The van der Waals surface area contributed by atoms with E-state index in [1.54, 1.807) is 19.1 Å². The second-order valence-electron chi connectivity index (χ2n) is 2.40. The Hall–Kier alpha value is -0.470. The van der Waals surface area contributed by atoms with Gasteiger partial charge in [0, 0.05) is 15.5 Å². The van der Waals surface area contributed by atoms with Crippen molar-refractivity contribution in [2.24, 2.45) is 0 Å². The molecule has 0 N–H and O–H groups in total. The molecule has 12 heavy (non-hydrogen) atoms. The zero-order valence-corrected chi connectivity index (χ0v) is 8.50. The van der Waals surface area contributed by atoms with Gasteiger partial charge in [-0.3, -0.25) is 4.79 Å². The molecule has 0 aliphatic carbocycles. The van der Waals surface area contributed by atoms with E-state index >= 15 is 0 Å². The number of hydrogen-bond acceptors (Lipinski definition) is 2. The van der Waals surface area contributed by atoms with Crippen molar-refractivity contribution in [3.05, 3.63) is 28.8 Å². The number of rotatable bonds is 2. The maximum absolute atomic E-state index is 11.1. The second kappa shape index (κ2) is 3.97. The Morgan fingerprint density at radius 1 is 1.50 bits per heavy atom. The summed E-state index contributed by atoms with van der Waals surface area (Å²) in [5.74, 6) is 0.0796. The average molecular weight is 201 g/mol. The molecule has 0 unspecified atom stereocenters. The third-order valence-electron chi connectivity index (χ3n) is 1.54. The normalized spacial score (nSPS) is 9.92. The fourth-order valence-corrected chi connectivity index (χ4v) is 1.87. The molecule has 64 valence electrons. The molecule has 0 atom stereocenters. The molecule has 0 heterocycles. The number of carbonyl (C=O) groups is 1. The molecule has 1 aromatic rings. The zero-order valence-electron chi connectivity index (χ0n) is 6.93. The predicted molar refractivity (Wildman–Crippen MR) is 53.2 cm³/mol. The number of thioether (sulfide) groups is 1. The van der Waals surface area contributed by atoms with Crippen molar-refractivity contribution in [2.75, 3.05) is 6.26 Å². The van der Waals surface area contributed by atoms with Crippen LogP contribution in [0.4, 0.5) is 0 Å². The topological polar surface area (TPSA) is 17.1 Å². The van der Waals surface area contributed by atoms with E-state index < -0.39 is 0 Å². The van der Waals surface area contributed by atoms with E-state index in [4.69, 9.17) is 11.6 Å². The number of hydrogen-bond donors (Lipinski definition) is 0. The highest BCUT2D eigenvalue weighted by atomic mass is 35.5. The van der Waals surface area contributed by atoms with Crippen LogP contribution in [-0.2, 0) is 0 Å². The Morgan fingerprint density at radius 3 is 2.67 bits per heavy atom. The van der Waals surface area contributed by atoms with Crippen molar-refractivity contribution in [1.82, 2.24) is 0 Å². The minimum atomic E-state index is 0.0796. The van der Waals surface area contributed by atoms with Crippen molar-refractivity contribution in [3.63, 3.8) is 0 Å². The molecular formula is C9H9ClOS. The van der Waals surface area contributed by atoms with Crippen LogP contribution in [0, 0.1) is 0 Å². The molecule has 3 heteroatoms. The van der Waals surface area contributed by atoms with Gasteiger partial charge in [0.1, 0.15) is 0 Å². The SMILES string of the molecule is CSc1cc(Cl)ccc1C(C)=O. The number of carbonyl (C=O) groups excluding carboxylic acids is 1. The molecule has 1 aromatic carbocycles. The van der Waals surface area contributed by atoms with Crippen molar-refractivity contribution in [3.8, 4) is 0 Å². The van der Waals surface area contributed by atoms with Crippen LogP contribution in [0.25, 0.3) is 0 Å². The Labute approximate surface area is 81.1 Å². The standard InChI is InChI=1S/C9H9ClOS/c1-6(11)8-4-3-7(10)5-9(8)12-2/h3-5H,1-2H3. The average Bonchev–Trinajstić information content (AvgIpc) is 2.03. The lowest BCUT2D eigenvalue weighted by Gasteiger charge is -2.03. The van der Waals surface area contributed by atoms with Gasteiger partial charge in [-0.25, -0.2) is 0 Å². The van der Waals surface area contributed by atoms with Gasteiger partial charge in [0.15, 0.2) is 5.78 Å². The monoisotopic (exact) mass is 200 g/mol. The quantitative estimate of drug-likeness (QED) is 0.539. The van der Waals surface area contributed by atoms with Gasteiger partial charge in [-0.05, 0) is 31.4 Å². The molecule has 0 spiro atoms. The molecule has 0 amide bonds. The van der Waals surface area contributed by atoms with E-state index in [0.717, 1.165) is 10.5 Å². The summed E-state index contributed by atoms with van der Waals surface area (Å²) in [6, 6.07) is 5.30. The van der Waals surface area contributed by atoms with E-state index in [0.29, 0.717) is 5.02 Å². The molecule has 0 aliphatic rings. The van der Waals surface area contributed by atoms with Gasteiger partial charge in [-0.1, -0.05) is 11.6 Å². The molecule has 1 rings (SSSR count). The smallest absolute Gasteiger partial charge is 0.160 e. The third kappa shape index (κ3) is 2.02. The van der Waals surface area contributed by atoms with Gasteiger partial charge < -0.3 is 0 Å². The maximum Gasteiger partial charge on any atom is 0.160 e. The van der Waals surface area contributed by atoms with Crippen LogP contribution >= 0.6 is 23.4 Å². The Balaban J connectivity index is 3.20. The second-order valence-corrected chi connectivity index (χ2v) is 3.69. The van der Waals surface area contributed by atoms with E-state index in [2.05, 4.69) is 0 Å². The first-order valence-corrected chi connectivity index (χ1v) is 5.10. The zero-order chi connectivity index (χ0) is 9.14. The van der Waals surface area contributed by atoms with Crippen molar-refractivity contribution < 1.29 is 4.79 Å². The van der Waals surface area contributed by atoms with E-state index in [-0.39, 0.29) is 5.78 Å². The molecule has 0 radical (unpaired) electrons. The summed E-state index contributed by atoms with van der Waals surface area (Å²) >= 11 is 7.31. The summed E-state index contributed by atoms with van der Waals surface area (Å²) in [7, 11) is 0. The van der Waals surface area contributed by atoms with Gasteiger partial charge in [0.25, 0.3) is 0 Å². The fourth-order valence-electron chi connectivity index (χ4n) is 0.956. The molecule has 0 bridgehead atoms. The minimum absolute atomic E-state index is 0.0796. The van der Waals surface area contributed by atoms with Crippen LogP contribution in [0.15, 0.2) is 23.1 Å². The van der Waals surface area contributed by atoms with Crippen LogP contribution in [0.1, 0.15) is 17.3 Å². The predicted octanol–water partition coefficient (Wildman–Crippen LogP) is 3.26. The number of ketones is 1. The van der Waals surface area contributed by atoms with Gasteiger partial charge in [0.2, 0.25) is 0 Å². The molecule has 0 saturated carbocycles. The van der Waals surface area contributed by atoms with Gasteiger partial charge in [-0.2, -0.15) is 0 Å². The molecule has 0 aliphatic heterocycles. The first-order valence-electron chi connectivity index (χ1n) is 3.49. The Kier molecular flexibility index (Phi) is 3.18. The Morgan fingerprint density at radius 2 is 2.17 bits per heavy atom. The first kappa shape index (κ1) is 9.62. The van der Waals surface area contributed by atoms with Gasteiger partial charge in [-0.15, -0.1) is 11.8 Å². The fraction of sp³-hybridized carbons (Fsp3) is 0.222. The summed E-state index contributed by atoms with van der Waals surface area (Å²) in [6.07, 6.45) is 1.93. The lowest BCUT2D eigenvalue weighted by Crippen LogP contribution is -1.93. The number of Topliss-reactive ketones (excluding diaryl/α,β-unsaturated/α-hetero) is 1. The molecular weight excluding hydrogens is 192 g/mol. The van der Waals surface area contributed by atoms with Crippen LogP contribution in [0.3, 0.4) is 0 Å². The first-order chi connectivity index (χ1) is 5.65. The highest BCUT2D eigenvalue weighted by Gasteiger charge is 2.05. The summed E-state index contributed by atoms with van der Waals surface area (Å²) in [5.41, 5.74) is 0.743. The van der Waals surface area contributed by atoms with E-state index in [1.807, 2.05) is 12.3 Å². The highest BCUT2D eigenvalue weighted by Crippen LogP contribution is 2.24. The largest absolute Gasteiger partial charge is 0.294 e. The highest BCUT2D eigenvalue weighted by molar-refractivity contribution is 7.98. The Bertz CT molecular complexity index is 309. The molecule has 0 saturated heterocycles. The lowest BCUT2D eigenvalue weighted by atomic mass is 10.1. The third-order valence-corrected chi connectivity index (χ3v) is 2.56. The van der Waals surface area contributed by atoms with Crippen molar-refractivity contribution >= 4 is 29.1 Å². The van der Waals surface area contributed by atoms with Gasteiger partial charge in [0.05, 0.1) is 0 Å². The van der Waals surface area contributed by atoms with Crippen molar-refractivity contribution in [2.45, 2.75) is 11.8 Å². The summed E-state index contributed by atoms with van der Waals surface area (Å²) in [6.45, 7) is 1.56. The number of halogens is 1. The van der Waals surface area contributed by atoms with E-state index in [9.17, 15) is 4.79 Å². The number of benzene rings is 1. The van der Waals surface area contributed by atoms with Crippen LogP contribution in [0.5, 0.6) is 0 Å². The lowest BCUT2D eigenvalue weighted by molar-refractivity contribution is 0.101. The van der Waals surface area contributed by atoms with Crippen LogP contribution in [0.2, 0.25) is 5.02 Å². The van der Waals surface area contributed by atoms with Crippen molar-refractivity contribution in [1.29, 1.82) is 0 Å². The van der Waals surface area contributed by atoms with E-state index in [1.165, 1.54) is 11.8 Å². The molecule has 0 aromatic heterocycles. The molecule has 1 nitrogen and oxygen atoms in total. The van der Waals surface area contributed by atoms with Gasteiger partial charge >= 0.3 is 0 Å². The summed E-state index contributed by atoms with van der Waals surface area (Å²) in [5, 5.41) is 0.671. The minimum Gasteiger partial charge on any atom is -0.294 e.